The number of anilines is 1. The van der Waals surface area contributed by atoms with Gasteiger partial charge in [-0.2, -0.15) is 0 Å². The van der Waals surface area contributed by atoms with Gasteiger partial charge in [0.1, 0.15) is 0 Å². The molecule has 0 aromatic heterocycles. The molecule has 0 saturated heterocycles. The smallest absolute Gasteiger partial charge is 0.344 e. The van der Waals surface area contributed by atoms with Crippen molar-refractivity contribution in [3.63, 3.8) is 0 Å². The Hall–Kier alpha value is -3.61. The summed E-state index contributed by atoms with van der Waals surface area (Å²) >= 11 is 0. The van der Waals surface area contributed by atoms with E-state index in [1.807, 2.05) is 36.2 Å². The summed E-state index contributed by atoms with van der Waals surface area (Å²) < 4.78 is 15.7. The van der Waals surface area contributed by atoms with Gasteiger partial charge in [0, 0.05) is 35.5 Å². The van der Waals surface area contributed by atoms with Gasteiger partial charge in [0.2, 0.25) is 0 Å². The van der Waals surface area contributed by atoms with Crippen LogP contribution in [0.5, 0.6) is 11.5 Å². The lowest BCUT2D eigenvalue weighted by Crippen LogP contribution is -2.25. The Morgan fingerprint density at radius 3 is 2.41 bits per heavy atom. The first kappa shape index (κ1) is 23.1. The number of likely N-dealkylation sites (N-methyl/N-ethyl adjacent to an activating group) is 1. The van der Waals surface area contributed by atoms with E-state index < -0.39 is 12.6 Å². The summed E-state index contributed by atoms with van der Waals surface area (Å²) in [5, 5.41) is 0. The van der Waals surface area contributed by atoms with Crippen LogP contribution in [0.15, 0.2) is 54.2 Å². The van der Waals surface area contributed by atoms with Gasteiger partial charge in [-0.15, -0.1) is 0 Å². The molecule has 32 heavy (non-hydrogen) atoms. The van der Waals surface area contributed by atoms with Gasteiger partial charge < -0.3 is 19.1 Å². The van der Waals surface area contributed by atoms with Crippen molar-refractivity contribution < 1.29 is 28.6 Å². The van der Waals surface area contributed by atoms with Crippen molar-refractivity contribution in [1.82, 2.24) is 0 Å². The number of nitrogens with zero attached hydrogens (tertiary/aromatic N) is 1. The van der Waals surface area contributed by atoms with Gasteiger partial charge in [0.05, 0.1) is 7.11 Å². The molecule has 0 saturated carbocycles. The summed E-state index contributed by atoms with van der Waals surface area (Å²) in [6, 6.07) is 12.7. The summed E-state index contributed by atoms with van der Waals surface area (Å²) in [5.41, 5.74) is 3.16. The van der Waals surface area contributed by atoms with Crippen LogP contribution in [0.25, 0.3) is 0 Å². The summed E-state index contributed by atoms with van der Waals surface area (Å²) in [6.45, 7) is 4.78. The molecular formula is C25H27NO6. The zero-order valence-corrected chi connectivity index (χ0v) is 18.9. The Labute approximate surface area is 187 Å². The molecule has 0 atom stereocenters. The highest BCUT2D eigenvalue weighted by atomic mass is 16.6. The molecule has 3 rings (SSSR count). The lowest BCUT2D eigenvalue weighted by Gasteiger charge is -2.23. The van der Waals surface area contributed by atoms with Crippen molar-refractivity contribution >= 4 is 23.2 Å². The van der Waals surface area contributed by atoms with Crippen LogP contribution in [0.3, 0.4) is 0 Å². The van der Waals surface area contributed by atoms with E-state index in [-0.39, 0.29) is 23.6 Å². The van der Waals surface area contributed by atoms with Gasteiger partial charge >= 0.3 is 5.97 Å². The van der Waals surface area contributed by atoms with E-state index in [1.54, 1.807) is 12.1 Å². The number of para-hydroxylation sites is 1. The standard InChI is InChI=1S/C25H27NO6/c1-16(27)17-10-11-21(22(12-17)30-5)31-15-24(29)32-14-18(28)13-23-25(2,3)19-8-6-7-9-20(19)26(23)4/h6-13H,14-15H2,1-5H3. The molecule has 0 amide bonds. The van der Waals surface area contributed by atoms with Crippen molar-refractivity contribution in [2.45, 2.75) is 26.2 Å². The average Bonchev–Trinajstić information content (AvgIpc) is 2.96. The molecule has 2 aromatic rings. The Balaban J connectivity index is 1.58. The fourth-order valence-electron chi connectivity index (χ4n) is 3.79. The van der Waals surface area contributed by atoms with Gasteiger partial charge in [0.25, 0.3) is 0 Å². The molecule has 0 unspecified atom stereocenters. The number of Topliss-reactive ketones (excluding diaryl/α,β-unsaturated/α-hetero) is 1. The Kier molecular flexibility index (Phi) is 6.67. The predicted molar refractivity (Wildman–Crippen MR) is 120 cm³/mol. The Morgan fingerprint density at radius 2 is 1.75 bits per heavy atom. The van der Waals surface area contributed by atoms with Crippen molar-refractivity contribution in [3.8, 4) is 11.5 Å². The first-order valence-electron chi connectivity index (χ1n) is 10.2. The highest BCUT2D eigenvalue weighted by Gasteiger charge is 2.38. The topological polar surface area (TPSA) is 82.1 Å². The second-order valence-electron chi connectivity index (χ2n) is 8.07. The molecule has 0 spiro atoms. The lowest BCUT2D eigenvalue weighted by molar-refractivity contribution is -0.149. The molecule has 1 heterocycles. The number of fused-ring (bicyclic) bond motifs is 1. The zero-order valence-electron chi connectivity index (χ0n) is 18.9. The number of hydrogen-bond acceptors (Lipinski definition) is 7. The Bertz CT molecular complexity index is 1090. The van der Waals surface area contributed by atoms with Crippen LogP contribution in [0.1, 0.15) is 36.7 Å². The minimum absolute atomic E-state index is 0.110. The van der Waals surface area contributed by atoms with Gasteiger partial charge in [-0.3, -0.25) is 9.59 Å². The van der Waals surface area contributed by atoms with Gasteiger partial charge in [-0.1, -0.05) is 32.0 Å². The van der Waals surface area contributed by atoms with Crippen LogP contribution >= 0.6 is 0 Å². The fraction of sp³-hybridized carbons (Fsp3) is 0.320. The lowest BCUT2D eigenvalue weighted by atomic mass is 9.83. The Morgan fingerprint density at radius 1 is 1.03 bits per heavy atom. The van der Waals surface area contributed by atoms with Gasteiger partial charge in [-0.05, 0) is 36.8 Å². The molecule has 0 bridgehead atoms. The maximum atomic E-state index is 12.5. The average molecular weight is 437 g/mol. The monoisotopic (exact) mass is 437 g/mol. The van der Waals surface area contributed by atoms with E-state index in [9.17, 15) is 14.4 Å². The van der Waals surface area contributed by atoms with Crippen molar-refractivity contribution in [2.75, 3.05) is 32.3 Å². The van der Waals surface area contributed by atoms with E-state index in [0.29, 0.717) is 17.1 Å². The molecule has 7 nitrogen and oxygen atoms in total. The van der Waals surface area contributed by atoms with Crippen LogP contribution in [0.4, 0.5) is 5.69 Å². The fourth-order valence-corrected chi connectivity index (χ4v) is 3.79. The minimum Gasteiger partial charge on any atom is -0.493 e. The number of methoxy groups -OCH3 is 1. The maximum absolute atomic E-state index is 12.5. The number of ether oxygens (including phenoxy) is 3. The minimum atomic E-state index is -0.684. The quantitative estimate of drug-likeness (QED) is 0.354. The van der Waals surface area contributed by atoms with Gasteiger partial charge in [-0.25, -0.2) is 4.79 Å². The number of carbonyl (C=O) groups is 3. The maximum Gasteiger partial charge on any atom is 0.344 e. The molecule has 1 aliphatic rings. The van der Waals surface area contributed by atoms with E-state index >= 15 is 0 Å². The third-order valence-electron chi connectivity index (χ3n) is 5.53. The first-order valence-corrected chi connectivity index (χ1v) is 10.2. The molecule has 7 heteroatoms. The van der Waals surface area contributed by atoms with E-state index in [0.717, 1.165) is 16.9 Å². The zero-order chi connectivity index (χ0) is 23.5. The van der Waals surface area contributed by atoms with Crippen LogP contribution in [-0.2, 0) is 19.7 Å². The number of carbonyl (C=O) groups excluding carboxylic acids is 3. The van der Waals surface area contributed by atoms with Crippen LogP contribution in [-0.4, -0.2) is 44.9 Å². The number of ketones is 2. The molecule has 168 valence electrons. The predicted octanol–water partition coefficient (Wildman–Crippen LogP) is 3.70. The van der Waals surface area contributed by atoms with Crippen molar-refractivity contribution in [3.05, 3.63) is 65.4 Å². The van der Waals surface area contributed by atoms with Crippen LogP contribution in [0.2, 0.25) is 0 Å². The highest BCUT2D eigenvalue weighted by molar-refractivity contribution is 5.95. The number of hydrogen-bond donors (Lipinski definition) is 0. The number of rotatable bonds is 8. The SMILES string of the molecule is COc1cc(C(C)=O)ccc1OCC(=O)OCC(=O)C=C1N(C)c2ccccc2C1(C)C. The van der Waals surface area contributed by atoms with Crippen LogP contribution < -0.4 is 14.4 Å². The largest absolute Gasteiger partial charge is 0.493 e. The van der Waals surface area contributed by atoms with Crippen LogP contribution in [0, 0.1) is 0 Å². The molecule has 2 aromatic carbocycles. The van der Waals surface area contributed by atoms with Crippen molar-refractivity contribution in [1.29, 1.82) is 0 Å². The molecule has 0 radical (unpaired) electrons. The van der Waals surface area contributed by atoms with E-state index in [2.05, 4.69) is 13.8 Å². The normalized spacial score (nSPS) is 15.3. The third kappa shape index (κ3) is 4.66. The molecular weight excluding hydrogens is 410 g/mol. The first-order chi connectivity index (χ1) is 15.1. The van der Waals surface area contributed by atoms with E-state index in [4.69, 9.17) is 14.2 Å². The highest BCUT2D eigenvalue weighted by Crippen LogP contribution is 2.46. The number of esters is 1. The second-order valence-corrected chi connectivity index (χ2v) is 8.07. The number of allylic oxidation sites excluding steroid dienone is 1. The second kappa shape index (κ2) is 9.26. The summed E-state index contributed by atoms with van der Waals surface area (Å²) in [7, 11) is 3.35. The third-order valence-corrected chi connectivity index (χ3v) is 5.53. The summed E-state index contributed by atoms with van der Waals surface area (Å²) in [5.74, 6) is -0.477. The summed E-state index contributed by atoms with van der Waals surface area (Å²) in [4.78, 5) is 38.0. The molecule has 0 N–H and O–H groups in total. The summed E-state index contributed by atoms with van der Waals surface area (Å²) in [6.07, 6.45) is 1.53. The molecule has 0 fully saturated rings. The van der Waals surface area contributed by atoms with Gasteiger partial charge in [0.15, 0.2) is 36.3 Å². The van der Waals surface area contributed by atoms with E-state index in [1.165, 1.54) is 26.2 Å². The van der Waals surface area contributed by atoms with Crippen molar-refractivity contribution in [2.24, 2.45) is 0 Å². The number of benzene rings is 2. The molecule has 1 aliphatic heterocycles. The molecule has 0 aliphatic carbocycles.